The van der Waals surface area contributed by atoms with Gasteiger partial charge in [0, 0.05) is 12.6 Å². The molecule has 7 nitrogen and oxygen atoms in total. The fourth-order valence-corrected chi connectivity index (χ4v) is 2.56. The number of amides is 2. The number of ether oxygens (including phenoxy) is 1. The van der Waals surface area contributed by atoms with Gasteiger partial charge in [-0.15, -0.1) is 0 Å². The third kappa shape index (κ3) is 8.45. The summed E-state index contributed by atoms with van der Waals surface area (Å²) in [5, 5.41) is 11.8. The maximum atomic E-state index is 13.1. The number of carboxylic acids is 1. The first kappa shape index (κ1) is 24.9. The second kappa shape index (κ2) is 10.3. The number of rotatable bonds is 8. The first-order valence-corrected chi connectivity index (χ1v) is 9.39. The van der Waals surface area contributed by atoms with E-state index >= 15 is 0 Å². The zero-order chi connectivity index (χ0) is 21.5. The molecule has 0 bridgehead atoms. The predicted molar refractivity (Wildman–Crippen MR) is 105 cm³/mol. The van der Waals surface area contributed by atoms with Crippen molar-refractivity contribution in [1.29, 1.82) is 0 Å². The van der Waals surface area contributed by atoms with E-state index in [0.29, 0.717) is 6.42 Å². The number of nitrogens with one attached hydrogen (secondary N) is 1. The van der Waals surface area contributed by atoms with Gasteiger partial charge in [-0.25, -0.2) is 9.59 Å². The quantitative estimate of drug-likeness (QED) is 0.625. The second-order valence-corrected chi connectivity index (χ2v) is 8.35. The first-order valence-electron chi connectivity index (χ1n) is 9.39. The lowest BCUT2D eigenvalue weighted by molar-refractivity contribution is -0.136. The maximum Gasteiger partial charge on any atom is 0.408 e. The summed E-state index contributed by atoms with van der Waals surface area (Å²) in [4.78, 5) is 38.0. The Morgan fingerprint density at radius 3 is 2.07 bits per heavy atom. The highest BCUT2D eigenvalue weighted by Gasteiger charge is 2.33. The molecular weight excluding hydrogens is 348 g/mol. The number of carbonyl (C=O) groups excluding carboxylic acids is 2. The minimum absolute atomic E-state index is 0.00681. The highest BCUT2D eigenvalue weighted by atomic mass is 16.6. The van der Waals surface area contributed by atoms with Gasteiger partial charge in [0.2, 0.25) is 5.91 Å². The molecule has 2 amide bonds. The van der Waals surface area contributed by atoms with E-state index < -0.39 is 29.7 Å². The molecule has 1 unspecified atom stereocenters. The van der Waals surface area contributed by atoms with Crippen molar-refractivity contribution in [3.63, 3.8) is 0 Å². The Bertz CT molecular complexity index is 563. The van der Waals surface area contributed by atoms with Crippen LogP contribution in [0.3, 0.4) is 0 Å². The molecule has 0 aliphatic heterocycles. The van der Waals surface area contributed by atoms with Crippen LogP contribution in [0.2, 0.25) is 0 Å². The molecule has 0 fully saturated rings. The van der Waals surface area contributed by atoms with Crippen LogP contribution in [0, 0.1) is 11.8 Å². The Labute approximate surface area is 163 Å². The van der Waals surface area contributed by atoms with Gasteiger partial charge in [-0.05, 0) is 39.5 Å². The van der Waals surface area contributed by atoms with Crippen LogP contribution in [-0.4, -0.2) is 52.7 Å². The number of likely N-dealkylation sites (N-methyl/N-ethyl adjacent to an activating group) is 1. The number of nitrogens with zero attached hydrogens (tertiary/aromatic N) is 1. The molecule has 3 atom stereocenters. The normalized spacial score (nSPS) is 15.7. The van der Waals surface area contributed by atoms with E-state index in [1.54, 1.807) is 33.9 Å². The second-order valence-electron chi connectivity index (χ2n) is 8.35. The van der Waals surface area contributed by atoms with Gasteiger partial charge in [-0.3, -0.25) is 4.79 Å². The summed E-state index contributed by atoms with van der Waals surface area (Å²) in [6, 6.07) is -1.16. The van der Waals surface area contributed by atoms with Gasteiger partial charge in [0.1, 0.15) is 11.6 Å². The smallest absolute Gasteiger partial charge is 0.408 e. The van der Waals surface area contributed by atoms with Crippen LogP contribution in [-0.2, 0) is 14.3 Å². The highest BCUT2D eigenvalue weighted by molar-refractivity contribution is 5.88. The number of hydrogen-bond donors (Lipinski definition) is 2. The largest absolute Gasteiger partial charge is 0.478 e. The summed E-state index contributed by atoms with van der Waals surface area (Å²) in [5.74, 6) is -1.40. The molecule has 0 saturated heterocycles. The van der Waals surface area contributed by atoms with Crippen LogP contribution in [0.5, 0.6) is 0 Å². The summed E-state index contributed by atoms with van der Waals surface area (Å²) in [7, 11) is 1.63. The molecule has 2 N–H and O–H groups in total. The first-order chi connectivity index (χ1) is 12.2. The minimum Gasteiger partial charge on any atom is -0.478 e. The van der Waals surface area contributed by atoms with Gasteiger partial charge >= 0.3 is 12.1 Å². The van der Waals surface area contributed by atoms with Crippen molar-refractivity contribution in [3.8, 4) is 0 Å². The van der Waals surface area contributed by atoms with Crippen molar-refractivity contribution in [2.75, 3.05) is 7.05 Å². The molecular formula is C20H36N2O5. The van der Waals surface area contributed by atoms with Gasteiger partial charge in [0.25, 0.3) is 0 Å². The molecule has 7 heteroatoms. The van der Waals surface area contributed by atoms with E-state index in [1.165, 1.54) is 11.8 Å². The third-order valence-corrected chi connectivity index (χ3v) is 4.39. The molecule has 0 rings (SSSR count). The molecule has 0 radical (unpaired) electrons. The number of alkyl carbamates (subject to hydrolysis) is 1. The number of carboxylic acid groups (broad SMARTS) is 1. The molecule has 0 aromatic rings. The Balaban J connectivity index is 5.59. The standard InChI is InChI=1S/C20H36N2O5/c1-10-13(4)16(21-19(26)27-20(6,7)8)17(23)22(9)15(12(2)3)11-14(5)18(24)25/h11-13,15-16H,10H2,1-9H3,(H,21,26)(H,24,25)/t13-,15?,16+/m1/s1. The number of aliphatic carboxylic acids is 1. The molecule has 0 aromatic heterocycles. The summed E-state index contributed by atoms with van der Waals surface area (Å²) in [6.45, 7) is 14.4. The summed E-state index contributed by atoms with van der Waals surface area (Å²) in [5.41, 5.74) is -0.491. The summed E-state index contributed by atoms with van der Waals surface area (Å²) < 4.78 is 5.29. The van der Waals surface area contributed by atoms with Crippen LogP contribution in [0.4, 0.5) is 4.79 Å². The van der Waals surface area contributed by atoms with Gasteiger partial charge in [0.15, 0.2) is 0 Å². The minimum atomic E-state index is -1.02. The number of carbonyl (C=O) groups is 3. The van der Waals surface area contributed by atoms with Gasteiger partial charge < -0.3 is 20.1 Å². The van der Waals surface area contributed by atoms with Crippen molar-refractivity contribution in [3.05, 3.63) is 11.6 Å². The highest BCUT2D eigenvalue weighted by Crippen LogP contribution is 2.18. The van der Waals surface area contributed by atoms with E-state index in [2.05, 4.69) is 5.32 Å². The van der Waals surface area contributed by atoms with Crippen molar-refractivity contribution in [2.45, 2.75) is 79.5 Å². The van der Waals surface area contributed by atoms with Gasteiger partial charge in [-0.2, -0.15) is 0 Å². The summed E-state index contributed by atoms with van der Waals surface area (Å²) in [6.07, 6.45) is 1.62. The summed E-state index contributed by atoms with van der Waals surface area (Å²) >= 11 is 0. The monoisotopic (exact) mass is 384 g/mol. The van der Waals surface area contributed by atoms with Crippen LogP contribution in [0.1, 0.15) is 61.8 Å². The predicted octanol–water partition coefficient (Wildman–Crippen LogP) is 3.44. The SMILES string of the molecule is CC[C@@H](C)[C@H](NC(=O)OC(C)(C)C)C(=O)N(C)C(C=C(C)C(=O)O)C(C)C. The molecule has 0 aliphatic rings. The lowest BCUT2D eigenvalue weighted by atomic mass is 9.95. The van der Waals surface area contributed by atoms with E-state index in [4.69, 9.17) is 9.84 Å². The maximum absolute atomic E-state index is 13.1. The zero-order valence-corrected chi connectivity index (χ0v) is 18.1. The molecule has 156 valence electrons. The van der Waals surface area contributed by atoms with Crippen LogP contribution in [0.15, 0.2) is 11.6 Å². The van der Waals surface area contributed by atoms with Crippen LogP contribution >= 0.6 is 0 Å². The Hall–Kier alpha value is -2.05. The van der Waals surface area contributed by atoms with E-state index in [1.807, 2.05) is 27.7 Å². The molecule has 0 saturated carbocycles. The van der Waals surface area contributed by atoms with E-state index in [9.17, 15) is 14.4 Å². The topological polar surface area (TPSA) is 95.9 Å². The van der Waals surface area contributed by atoms with Gasteiger partial charge in [0.05, 0.1) is 6.04 Å². The lowest BCUT2D eigenvalue weighted by Crippen LogP contribution is -2.54. The van der Waals surface area contributed by atoms with E-state index in [-0.39, 0.29) is 23.3 Å². The number of hydrogen-bond acceptors (Lipinski definition) is 4. The Kier molecular flexibility index (Phi) is 9.54. The Morgan fingerprint density at radius 2 is 1.70 bits per heavy atom. The zero-order valence-electron chi connectivity index (χ0n) is 18.1. The van der Waals surface area contributed by atoms with Crippen molar-refractivity contribution < 1.29 is 24.2 Å². The average Bonchev–Trinajstić information content (AvgIpc) is 2.53. The molecule has 0 spiro atoms. The van der Waals surface area contributed by atoms with Crippen molar-refractivity contribution >= 4 is 18.0 Å². The molecule has 27 heavy (non-hydrogen) atoms. The Morgan fingerprint density at radius 1 is 1.19 bits per heavy atom. The fraction of sp³-hybridized carbons (Fsp3) is 0.750. The third-order valence-electron chi connectivity index (χ3n) is 4.39. The van der Waals surface area contributed by atoms with Gasteiger partial charge in [-0.1, -0.05) is 40.2 Å². The van der Waals surface area contributed by atoms with Crippen molar-refractivity contribution in [1.82, 2.24) is 10.2 Å². The lowest BCUT2D eigenvalue weighted by Gasteiger charge is -2.34. The molecule has 0 aromatic carbocycles. The van der Waals surface area contributed by atoms with Crippen LogP contribution in [0.25, 0.3) is 0 Å². The van der Waals surface area contributed by atoms with E-state index in [0.717, 1.165) is 0 Å². The average molecular weight is 385 g/mol. The fourth-order valence-electron chi connectivity index (χ4n) is 2.56. The molecule has 0 aliphatic carbocycles. The molecule has 0 heterocycles. The van der Waals surface area contributed by atoms with Crippen molar-refractivity contribution in [2.24, 2.45) is 11.8 Å². The van der Waals surface area contributed by atoms with Crippen LogP contribution < -0.4 is 5.32 Å².